The quantitative estimate of drug-likeness (QED) is 0.778. The molecule has 0 saturated heterocycles. The van der Waals surface area contributed by atoms with E-state index in [9.17, 15) is 9.59 Å². The molecule has 14 heavy (non-hydrogen) atoms. The van der Waals surface area contributed by atoms with E-state index in [2.05, 4.69) is 14.4 Å². The molecule has 1 heterocycles. The molecule has 7 heteroatoms. The smallest absolute Gasteiger partial charge is 0.412 e. The number of nitrogens with zero attached hydrogens (tertiary/aromatic N) is 1. The summed E-state index contributed by atoms with van der Waals surface area (Å²) in [5, 5.41) is 11.3. The Labute approximate surface area is 83.7 Å². The highest BCUT2D eigenvalue weighted by Gasteiger charge is 2.19. The molecular formula is C7H8N2O4S. The molecule has 1 aromatic heterocycles. The fraction of sp³-hybridized carbons (Fsp3) is 0.286. The maximum atomic E-state index is 10.8. The molecule has 0 saturated carbocycles. The topological polar surface area (TPSA) is 88.5 Å². The van der Waals surface area contributed by atoms with Gasteiger partial charge in [-0.3, -0.25) is 5.32 Å². The highest BCUT2D eigenvalue weighted by molar-refractivity contribution is 7.10. The first kappa shape index (κ1) is 10.5. The van der Waals surface area contributed by atoms with Crippen LogP contribution < -0.4 is 5.32 Å². The van der Waals surface area contributed by atoms with Gasteiger partial charge in [-0.25, -0.2) is 9.59 Å². The second-order valence-corrected chi connectivity index (χ2v) is 3.17. The molecule has 0 aromatic carbocycles. The van der Waals surface area contributed by atoms with Crippen LogP contribution in [-0.2, 0) is 4.74 Å². The van der Waals surface area contributed by atoms with E-state index in [0.717, 1.165) is 11.5 Å². The van der Waals surface area contributed by atoms with Crippen molar-refractivity contribution in [1.29, 1.82) is 0 Å². The number of anilines is 1. The van der Waals surface area contributed by atoms with E-state index in [-0.39, 0.29) is 10.6 Å². The van der Waals surface area contributed by atoms with Crippen molar-refractivity contribution in [1.82, 2.24) is 4.37 Å². The molecule has 1 rings (SSSR count). The molecule has 0 fully saturated rings. The molecule has 0 bridgehead atoms. The predicted molar refractivity (Wildman–Crippen MR) is 49.8 cm³/mol. The number of carbonyl (C=O) groups excluding carboxylic acids is 1. The van der Waals surface area contributed by atoms with Gasteiger partial charge in [0.15, 0.2) is 0 Å². The van der Waals surface area contributed by atoms with Gasteiger partial charge >= 0.3 is 12.1 Å². The summed E-state index contributed by atoms with van der Waals surface area (Å²) >= 11 is 0.905. The van der Waals surface area contributed by atoms with Gasteiger partial charge in [-0.2, -0.15) is 4.37 Å². The highest BCUT2D eigenvalue weighted by Crippen LogP contribution is 2.24. The average Bonchev–Trinajstić information content (AvgIpc) is 2.46. The van der Waals surface area contributed by atoms with Crippen LogP contribution in [0.15, 0.2) is 0 Å². The summed E-state index contributed by atoms with van der Waals surface area (Å²) in [5.41, 5.74) is 0.370. The van der Waals surface area contributed by atoms with E-state index in [1.165, 1.54) is 7.11 Å². The first-order chi connectivity index (χ1) is 6.56. The van der Waals surface area contributed by atoms with Crippen molar-refractivity contribution in [3.63, 3.8) is 0 Å². The van der Waals surface area contributed by atoms with E-state index in [0.29, 0.717) is 5.69 Å². The van der Waals surface area contributed by atoms with Gasteiger partial charge in [0.2, 0.25) is 0 Å². The maximum absolute atomic E-state index is 10.8. The zero-order chi connectivity index (χ0) is 10.7. The van der Waals surface area contributed by atoms with Crippen LogP contribution in [0, 0.1) is 6.92 Å². The lowest BCUT2D eigenvalue weighted by molar-refractivity contribution is 0.0697. The molecule has 0 radical (unpaired) electrons. The first-order valence-electron chi connectivity index (χ1n) is 3.60. The summed E-state index contributed by atoms with van der Waals surface area (Å²) < 4.78 is 8.15. The van der Waals surface area contributed by atoms with Gasteiger partial charge in [0.25, 0.3) is 0 Å². The minimum Gasteiger partial charge on any atom is -0.478 e. The summed E-state index contributed by atoms with van der Waals surface area (Å²) in [4.78, 5) is 21.6. The van der Waals surface area contributed by atoms with Gasteiger partial charge in [0.1, 0.15) is 10.6 Å². The Morgan fingerprint density at radius 3 is 2.71 bits per heavy atom. The number of aromatic nitrogens is 1. The number of hydrogen-bond acceptors (Lipinski definition) is 5. The third-order valence-electron chi connectivity index (χ3n) is 1.48. The van der Waals surface area contributed by atoms with Crippen LogP contribution in [0.3, 0.4) is 0 Å². The van der Waals surface area contributed by atoms with Crippen LogP contribution in [0.4, 0.5) is 9.80 Å². The van der Waals surface area contributed by atoms with Crippen molar-refractivity contribution < 1.29 is 19.4 Å². The monoisotopic (exact) mass is 216 g/mol. The molecule has 1 aromatic rings. The lowest BCUT2D eigenvalue weighted by Gasteiger charge is -2.00. The number of ether oxygens (including phenoxy) is 1. The van der Waals surface area contributed by atoms with E-state index in [1.54, 1.807) is 6.92 Å². The molecule has 0 spiro atoms. The molecule has 0 aliphatic carbocycles. The zero-order valence-electron chi connectivity index (χ0n) is 7.53. The van der Waals surface area contributed by atoms with E-state index in [4.69, 9.17) is 5.11 Å². The highest BCUT2D eigenvalue weighted by atomic mass is 32.1. The van der Waals surface area contributed by atoms with Crippen molar-refractivity contribution in [2.75, 3.05) is 12.4 Å². The standard InChI is InChI=1S/C7H8N2O4S/c1-3-4(6(10)11)5(14-9-3)8-7(12)13-2/h1-2H3,(H,8,12)(H,10,11). The number of aryl methyl sites for hydroxylation is 1. The van der Waals surface area contributed by atoms with E-state index < -0.39 is 12.1 Å². The van der Waals surface area contributed by atoms with E-state index in [1.807, 2.05) is 0 Å². The Kier molecular flexibility index (Phi) is 3.03. The Morgan fingerprint density at radius 2 is 2.21 bits per heavy atom. The number of aromatic carboxylic acids is 1. The van der Waals surface area contributed by atoms with Crippen LogP contribution in [0.25, 0.3) is 0 Å². The fourth-order valence-corrected chi connectivity index (χ4v) is 1.63. The van der Waals surface area contributed by atoms with E-state index >= 15 is 0 Å². The number of rotatable bonds is 2. The Balaban J connectivity index is 2.98. The number of methoxy groups -OCH3 is 1. The predicted octanol–water partition coefficient (Wildman–Crippen LogP) is 1.33. The van der Waals surface area contributed by atoms with Gasteiger partial charge < -0.3 is 9.84 Å². The van der Waals surface area contributed by atoms with Gasteiger partial charge in [-0.15, -0.1) is 0 Å². The SMILES string of the molecule is COC(=O)Nc1snc(C)c1C(=O)O. The molecular weight excluding hydrogens is 208 g/mol. The molecule has 0 atom stereocenters. The largest absolute Gasteiger partial charge is 0.478 e. The maximum Gasteiger partial charge on any atom is 0.412 e. The molecule has 2 N–H and O–H groups in total. The summed E-state index contributed by atoms with van der Waals surface area (Å²) in [6.07, 6.45) is -0.712. The third-order valence-corrected chi connectivity index (χ3v) is 2.33. The number of hydrogen-bond donors (Lipinski definition) is 2. The summed E-state index contributed by atoms with van der Waals surface area (Å²) in [6, 6.07) is 0. The lowest BCUT2D eigenvalue weighted by atomic mass is 10.2. The molecule has 0 aliphatic heterocycles. The Morgan fingerprint density at radius 1 is 1.57 bits per heavy atom. The van der Waals surface area contributed by atoms with Crippen LogP contribution in [-0.4, -0.2) is 28.7 Å². The number of carboxylic acid groups (broad SMARTS) is 1. The second kappa shape index (κ2) is 4.05. The average molecular weight is 216 g/mol. The summed E-state index contributed by atoms with van der Waals surface area (Å²) in [5.74, 6) is -1.12. The van der Waals surface area contributed by atoms with Crippen molar-refractivity contribution in [3.05, 3.63) is 11.3 Å². The number of nitrogens with one attached hydrogen (secondary N) is 1. The van der Waals surface area contributed by atoms with Gasteiger partial charge in [0.05, 0.1) is 12.8 Å². The zero-order valence-corrected chi connectivity index (χ0v) is 8.34. The van der Waals surface area contributed by atoms with Crippen LogP contribution in [0.2, 0.25) is 0 Å². The molecule has 1 amide bonds. The number of amides is 1. The minimum absolute atomic E-state index is 0.000370. The van der Waals surface area contributed by atoms with Crippen molar-refractivity contribution >= 4 is 28.6 Å². The first-order valence-corrected chi connectivity index (χ1v) is 4.38. The van der Waals surface area contributed by atoms with Gasteiger partial charge in [-0.1, -0.05) is 0 Å². The van der Waals surface area contributed by atoms with Crippen molar-refractivity contribution in [3.8, 4) is 0 Å². The van der Waals surface area contributed by atoms with Gasteiger partial charge in [-0.05, 0) is 18.5 Å². The van der Waals surface area contributed by atoms with Crippen LogP contribution >= 0.6 is 11.5 Å². The van der Waals surface area contributed by atoms with Crippen LogP contribution in [0.5, 0.6) is 0 Å². The number of carboxylic acids is 1. The fourth-order valence-electron chi connectivity index (χ4n) is 0.851. The van der Waals surface area contributed by atoms with Crippen LogP contribution in [0.1, 0.15) is 16.1 Å². The Hall–Kier alpha value is -1.63. The third kappa shape index (κ3) is 1.99. The summed E-state index contributed by atoms with van der Waals surface area (Å²) in [7, 11) is 1.20. The second-order valence-electron chi connectivity index (χ2n) is 2.39. The molecule has 6 nitrogen and oxygen atoms in total. The minimum atomic E-state index is -1.12. The summed E-state index contributed by atoms with van der Waals surface area (Å²) in [6.45, 7) is 1.56. The Bertz CT molecular complexity index is 374. The van der Waals surface area contributed by atoms with Crippen molar-refractivity contribution in [2.45, 2.75) is 6.92 Å². The normalized spacial score (nSPS) is 9.57. The molecule has 0 aliphatic rings. The molecule has 0 unspecified atom stereocenters. The molecule has 76 valence electrons. The van der Waals surface area contributed by atoms with Gasteiger partial charge in [0, 0.05) is 0 Å². The van der Waals surface area contributed by atoms with Crippen molar-refractivity contribution in [2.24, 2.45) is 0 Å². The lowest BCUT2D eigenvalue weighted by Crippen LogP contribution is -2.12. The number of carbonyl (C=O) groups is 2.